The van der Waals surface area contributed by atoms with Crippen molar-refractivity contribution in [3.63, 3.8) is 0 Å². The van der Waals surface area contributed by atoms with Crippen LogP contribution in [0, 0.1) is 0 Å². The van der Waals surface area contributed by atoms with Crippen LogP contribution in [0.5, 0.6) is 0 Å². The zero-order valence-electron chi connectivity index (χ0n) is 29.6. The van der Waals surface area contributed by atoms with E-state index in [4.69, 9.17) is 0 Å². The Morgan fingerprint density at radius 1 is 0.480 bits per heavy atom. The van der Waals surface area contributed by atoms with E-state index >= 15 is 0 Å². The maximum absolute atomic E-state index is 4.18. The first-order chi connectivity index (χ1) is 24.6. The van der Waals surface area contributed by atoms with E-state index in [0.29, 0.717) is 0 Å². The van der Waals surface area contributed by atoms with E-state index in [-0.39, 0.29) is 0 Å². The molecule has 3 heteroatoms. The van der Waals surface area contributed by atoms with Crippen LogP contribution >= 0.6 is 31.9 Å². The van der Waals surface area contributed by atoms with Crippen LogP contribution in [-0.2, 0) is 25.8 Å². The highest BCUT2D eigenvalue weighted by molar-refractivity contribution is 9.11. The fraction of sp³-hybridized carbons (Fsp3) is 0.319. The van der Waals surface area contributed by atoms with Crippen molar-refractivity contribution in [1.29, 1.82) is 0 Å². The summed E-state index contributed by atoms with van der Waals surface area (Å²) < 4.78 is 5.02. The topological polar surface area (TPSA) is 4.93 Å². The normalized spacial score (nSPS) is 12.2. The summed E-state index contributed by atoms with van der Waals surface area (Å²) >= 11 is 8.09. The van der Waals surface area contributed by atoms with Gasteiger partial charge in [-0.25, -0.2) is 0 Å². The number of hydrogen-bond acceptors (Lipinski definition) is 0. The number of aromatic nitrogens is 1. The first-order valence-corrected chi connectivity index (χ1v) is 20.7. The SMILES string of the molecule is CCCCCCc1ccc2c(c1)c1cc(CCCCCC)ccc1n2CCCc1cc2cccc3c4c(Br)ccc5cccc(c(c1Br)c23)c54. The number of aryl methyl sites for hydroxylation is 4. The minimum atomic E-state index is 0.997. The minimum absolute atomic E-state index is 0.997. The van der Waals surface area contributed by atoms with E-state index in [9.17, 15) is 0 Å². The van der Waals surface area contributed by atoms with Gasteiger partial charge in [0.15, 0.2) is 0 Å². The molecule has 0 aliphatic heterocycles. The molecule has 0 N–H and O–H groups in total. The molecule has 0 unspecified atom stereocenters. The van der Waals surface area contributed by atoms with Crippen molar-refractivity contribution < 1.29 is 0 Å². The van der Waals surface area contributed by atoms with Crippen molar-refractivity contribution in [2.24, 2.45) is 0 Å². The smallest absolute Gasteiger partial charge is 0.0491 e. The summed E-state index contributed by atoms with van der Waals surface area (Å²) in [6, 6.07) is 35.1. The molecule has 0 fully saturated rings. The molecule has 1 nitrogen and oxygen atoms in total. The van der Waals surface area contributed by atoms with Gasteiger partial charge in [-0.3, -0.25) is 0 Å². The van der Waals surface area contributed by atoms with E-state index in [1.165, 1.54) is 150 Å². The third-order valence-corrected chi connectivity index (χ3v) is 12.7. The molecule has 254 valence electrons. The first-order valence-electron chi connectivity index (χ1n) is 19.1. The average Bonchev–Trinajstić information content (AvgIpc) is 3.44. The molecule has 0 aliphatic carbocycles. The van der Waals surface area contributed by atoms with Crippen LogP contribution in [0.15, 0.2) is 99.9 Å². The van der Waals surface area contributed by atoms with Gasteiger partial charge >= 0.3 is 0 Å². The van der Waals surface area contributed by atoms with E-state index < -0.39 is 0 Å². The quantitative estimate of drug-likeness (QED) is 0.0588. The number of benzene rings is 7. The van der Waals surface area contributed by atoms with Crippen LogP contribution in [-0.4, -0.2) is 4.57 Å². The van der Waals surface area contributed by atoms with Gasteiger partial charge in [0.05, 0.1) is 0 Å². The van der Waals surface area contributed by atoms with Gasteiger partial charge in [-0.15, -0.1) is 0 Å². The monoisotopic (exact) mass is 783 g/mol. The highest BCUT2D eigenvalue weighted by Crippen LogP contribution is 2.46. The molecular weight excluding hydrogens is 738 g/mol. The Labute approximate surface area is 313 Å². The Morgan fingerprint density at radius 3 is 1.72 bits per heavy atom. The first kappa shape index (κ1) is 33.7. The Hall–Kier alpha value is -3.40. The predicted molar refractivity (Wildman–Crippen MR) is 227 cm³/mol. The summed E-state index contributed by atoms with van der Waals surface area (Å²) in [5.41, 5.74) is 7.12. The second kappa shape index (κ2) is 14.7. The summed E-state index contributed by atoms with van der Waals surface area (Å²) in [4.78, 5) is 0. The van der Waals surface area contributed by atoms with Gasteiger partial charge in [0.1, 0.15) is 0 Å². The van der Waals surface area contributed by atoms with Crippen LogP contribution in [0.1, 0.15) is 88.3 Å². The Balaban J connectivity index is 1.15. The van der Waals surface area contributed by atoms with Crippen LogP contribution in [0.4, 0.5) is 0 Å². The molecule has 0 amide bonds. The summed E-state index contributed by atoms with van der Waals surface area (Å²) in [6.07, 6.45) is 14.9. The van der Waals surface area contributed by atoms with Crippen LogP contribution in [0.2, 0.25) is 0 Å². The fourth-order valence-electron chi connectivity index (χ4n) is 8.65. The molecule has 8 rings (SSSR count). The number of fused-ring (bicyclic) bond motifs is 5. The number of hydrogen-bond donors (Lipinski definition) is 0. The fourth-order valence-corrected chi connectivity index (χ4v) is 9.92. The third kappa shape index (κ3) is 6.13. The number of unbranched alkanes of at least 4 members (excludes halogenated alkanes) is 6. The van der Waals surface area contributed by atoms with Crippen LogP contribution in [0.25, 0.3) is 64.9 Å². The molecule has 0 radical (unpaired) electrons. The number of rotatable bonds is 14. The lowest BCUT2D eigenvalue weighted by molar-refractivity contribution is 0.666. The van der Waals surface area contributed by atoms with Crippen molar-refractivity contribution in [3.8, 4) is 0 Å². The standard InChI is InChI=1S/C47H47Br2N/c1-3-5-7-9-14-31-21-25-41-38(28-31)39-29-32(15-10-8-6-4-2)22-26-42(39)50(41)27-13-18-35-30-34-17-12-19-36-44(34)46(47(35)49)37-20-11-16-33-23-24-40(48)45(36)43(33)37/h11-12,16-17,19-26,28-30H,3-10,13-15,18,27H2,1-2H3. The average molecular weight is 786 g/mol. The van der Waals surface area contributed by atoms with Crippen molar-refractivity contribution in [1.82, 2.24) is 4.57 Å². The van der Waals surface area contributed by atoms with Crippen molar-refractivity contribution in [3.05, 3.63) is 117 Å². The summed E-state index contributed by atoms with van der Waals surface area (Å²) in [6.45, 7) is 5.59. The maximum Gasteiger partial charge on any atom is 0.0491 e. The van der Waals surface area contributed by atoms with Gasteiger partial charge in [-0.2, -0.15) is 0 Å². The Bertz CT molecular complexity index is 2400. The van der Waals surface area contributed by atoms with Crippen molar-refractivity contribution in [2.75, 3.05) is 0 Å². The predicted octanol–water partition coefficient (Wildman–Crippen LogP) is 15.2. The molecule has 7 aromatic carbocycles. The highest BCUT2D eigenvalue weighted by atomic mass is 79.9. The van der Waals surface area contributed by atoms with E-state index in [1.54, 1.807) is 0 Å². The largest absolute Gasteiger partial charge is 0.340 e. The van der Waals surface area contributed by atoms with Gasteiger partial charge in [0.25, 0.3) is 0 Å². The molecule has 1 aromatic heterocycles. The molecule has 0 atom stereocenters. The van der Waals surface area contributed by atoms with E-state index in [0.717, 1.165) is 23.9 Å². The van der Waals surface area contributed by atoms with Crippen LogP contribution in [0.3, 0.4) is 0 Å². The molecule has 0 spiro atoms. The molecule has 1 heterocycles. The second-order valence-electron chi connectivity index (χ2n) is 14.5. The van der Waals surface area contributed by atoms with Crippen molar-refractivity contribution >= 4 is 96.8 Å². The molecule has 8 aromatic rings. The number of halogens is 2. The van der Waals surface area contributed by atoms with Crippen LogP contribution < -0.4 is 0 Å². The Morgan fingerprint density at radius 2 is 1.08 bits per heavy atom. The zero-order valence-corrected chi connectivity index (χ0v) is 32.7. The molecule has 0 saturated heterocycles. The molecule has 0 saturated carbocycles. The van der Waals surface area contributed by atoms with Gasteiger partial charge < -0.3 is 4.57 Å². The van der Waals surface area contributed by atoms with Gasteiger partial charge in [0.2, 0.25) is 0 Å². The lowest BCUT2D eigenvalue weighted by atomic mass is 9.88. The molecule has 0 aliphatic rings. The van der Waals surface area contributed by atoms with E-state index in [1.807, 2.05) is 0 Å². The maximum atomic E-state index is 4.18. The van der Waals surface area contributed by atoms with Crippen molar-refractivity contribution in [2.45, 2.75) is 97.4 Å². The van der Waals surface area contributed by atoms with E-state index in [2.05, 4.69) is 141 Å². The summed E-state index contributed by atoms with van der Waals surface area (Å²) in [5.74, 6) is 0. The zero-order chi connectivity index (χ0) is 34.2. The minimum Gasteiger partial charge on any atom is -0.340 e. The second-order valence-corrected chi connectivity index (χ2v) is 16.2. The highest BCUT2D eigenvalue weighted by Gasteiger charge is 2.19. The molecular formula is C47H47Br2N. The third-order valence-electron chi connectivity index (χ3n) is 11.2. The van der Waals surface area contributed by atoms with Gasteiger partial charge in [-0.05, 0) is 140 Å². The summed E-state index contributed by atoms with van der Waals surface area (Å²) in [5, 5.41) is 13.5. The lowest BCUT2D eigenvalue weighted by Crippen LogP contribution is -2.01. The molecule has 50 heavy (non-hydrogen) atoms. The van der Waals surface area contributed by atoms with Gasteiger partial charge in [0, 0.05) is 48.1 Å². The Kier molecular flexibility index (Phi) is 9.90. The number of nitrogens with zero attached hydrogens (tertiary/aromatic N) is 1. The summed E-state index contributed by atoms with van der Waals surface area (Å²) in [7, 11) is 0. The molecule has 0 bridgehead atoms. The van der Waals surface area contributed by atoms with Gasteiger partial charge in [-0.1, -0.05) is 123 Å². The lowest BCUT2D eigenvalue weighted by Gasteiger charge is -2.18.